The first-order valence-electron chi connectivity index (χ1n) is 7.15. The lowest BCUT2D eigenvalue weighted by molar-refractivity contribution is 0.109. The third-order valence-corrected chi connectivity index (χ3v) is 5.21. The van der Waals surface area contributed by atoms with Crippen LogP contribution in [-0.4, -0.2) is 11.0 Å². The predicted octanol–water partition coefficient (Wildman–Crippen LogP) is 3.69. The zero-order valence-corrected chi connectivity index (χ0v) is 12.6. The number of aromatic nitrogens is 1. The maximum atomic E-state index is 6.15. The Kier molecular flexibility index (Phi) is 2.66. The lowest BCUT2D eigenvalue weighted by Crippen LogP contribution is -2.27. The molecule has 3 nitrogen and oxygen atoms in total. The topological polar surface area (TPSA) is 34.1 Å². The number of fused-ring (bicyclic) bond motifs is 3. The molecule has 0 radical (unpaired) electrons. The third kappa shape index (κ3) is 2.03. The Morgan fingerprint density at radius 3 is 2.95 bits per heavy atom. The Morgan fingerprint density at radius 1 is 1.35 bits per heavy atom. The van der Waals surface area contributed by atoms with E-state index in [0.717, 1.165) is 28.6 Å². The fraction of sp³-hybridized carbons (Fsp3) is 0.438. The zero-order valence-electron chi connectivity index (χ0n) is 11.8. The molecule has 4 heteroatoms. The van der Waals surface area contributed by atoms with Crippen LogP contribution in [0.4, 0.5) is 0 Å². The average Bonchev–Trinajstić information content (AvgIpc) is 3.14. The van der Waals surface area contributed by atoms with E-state index in [9.17, 15) is 0 Å². The van der Waals surface area contributed by atoms with Crippen molar-refractivity contribution in [1.82, 2.24) is 10.3 Å². The maximum absolute atomic E-state index is 6.15. The number of thiazole rings is 1. The highest BCUT2D eigenvalue weighted by molar-refractivity contribution is 7.12. The number of rotatable bonds is 3. The van der Waals surface area contributed by atoms with Gasteiger partial charge in [0.2, 0.25) is 0 Å². The van der Waals surface area contributed by atoms with Crippen LogP contribution in [0.5, 0.6) is 5.75 Å². The summed E-state index contributed by atoms with van der Waals surface area (Å²) in [5.74, 6) is 0.942. The van der Waals surface area contributed by atoms with Crippen molar-refractivity contribution in [2.45, 2.75) is 44.9 Å². The van der Waals surface area contributed by atoms with E-state index in [0.29, 0.717) is 6.04 Å². The number of hydrogen-bond donors (Lipinski definition) is 1. The fourth-order valence-corrected chi connectivity index (χ4v) is 3.69. The molecule has 1 aliphatic carbocycles. The van der Waals surface area contributed by atoms with E-state index in [-0.39, 0.29) is 5.60 Å². The average molecular weight is 286 g/mol. The summed E-state index contributed by atoms with van der Waals surface area (Å²) in [7, 11) is 0. The van der Waals surface area contributed by atoms with Gasteiger partial charge < -0.3 is 10.1 Å². The van der Waals surface area contributed by atoms with Crippen LogP contribution in [0.3, 0.4) is 0 Å². The molecule has 2 aliphatic rings. The van der Waals surface area contributed by atoms with Gasteiger partial charge in [-0.1, -0.05) is 12.1 Å². The monoisotopic (exact) mass is 286 g/mol. The van der Waals surface area contributed by atoms with Crippen LogP contribution < -0.4 is 10.1 Å². The van der Waals surface area contributed by atoms with Gasteiger partial charge in [0.15, 0.2) is 0 Å². The summed E-state index contributed by atoms with van der Waals surface area (Å²) >= 11 is 1.78. The number of benzene rings is 1. The number of nitrogens with one attached hydrogen (secondary N) is 1. The van der Waals surface area contributed by atoms with Gasteiger partial charge in [0.05, 0.1) is 10.6 Å². The summed E-state index contributed by atoms with van der Waals surface area (Å²) in [4.78, 5) is 6.10. The van der Waals surface area contributed by atoms with Gasteiger partial charge in [0.25, 0.3) is 0 Å². The second-order valence-electron chi connectivity index (χ2n) is 6.05. The largest absolute Gasteiger partial charge is 0.482 e. The van der Waals surface area contributed by atoms with Crippen molar-refractivity contribution in [2.75, 3.05) is 0 Å². The highest BCUT2D eigenvalue weighted by Crippen LogP contribution is 2.47. The molecule has 2 heterocycles. The minimum absolute atomic E-state index is 0.292. The summed E-state index contributed by atoms with van der Waals surface area (Å²) < 4.78 is 6.15. The first-order valence-corrected chi connectivity index (χ1v) is 7.97. The van der Waals surface area contributed by atoms with Gasteiger partial charge >= 0.3 is 0 Å². The van der Waals surface area contributed by atoms with Crippen molar-refractivity contribution >= 4 is 11.3 Å². The number of para-hydroxylation sites is 1. The minimum Gasteiger partial charge on any atom is -0.482 e. The van der Waals surface area contributed by atoms with Crippen LogP contribution in [0.25, 0.3) is 11.3 Å². The molecule has 0 spiro atoms. The van der Waals surface area contributed by atoms with Crippen molar-refractivity contribution in [1.29, 1.82) is 0 Å². The molecule has 0 amide bonds. The number of ether oxygens (including phenoxy) is 1. The second-order valence-corrected chi connectivity index (χ2v) is 7.13. The Bertz CT molecular complexity index is 658. The quantitative estimate of drug-likeness (QED) is 0.934. The molecule has 2 aromatic rings. The zero-order chi connectivity index (χ0) is 13.7. The highest BCUT2D eigenvalue weighted by atomic mass is 32.1. The maximum Gasteiger partial charge on any atom is 0.140 e. The molecule has 0 unspecified atom stereocenters. The SMILES string of the molecule is CC1(C)Oc2ccccc2-c2nc(CNC3CC3)sc21. The summed E-state index contributed by atoms with van der Waals surface area (Å²) in [5, 5.41) is 4.70. The molecule has 1 N–H and O–H groups in total. The van der Waals surface area contributed by atoms with Gasteiger partial charge in [0, 0.05) is 18.2 Å². The molecule has 0 atom stereocenters. The van der Waals surface area contributed by atoms with E-state index in [1.54, 1.807) is 11.3 Å². The summed E-state index contributed by atoms with van der Waals surface area (Å²) in [6.07, 6.45) is 2.62. The van der Waals surface area contributed by atoms with Crippen LogP contribution in [0.1, 0.15) is 36.6 Å². The van der Waals surface area contributed by atoms with E-state index >= 15 is 0 Å². The molecule has 4 rings (SSSR count). The van der Waals surface area contributed by atoms with Crippen molar-refractivity contribution < 1.29 is 4.74 Å². The van der Waals surface area contributed by atoms with Crippen molar-refractivity contribution in [3.05, 3.63) is 34.2 Å². The molecule has 0 saturated heterocycles. The number of nitrogens with zero attached hydrogens (tertiary/aromatic N) is 1. The lowest BCUT2D eigenvalue weighted by Gasteiger charge is -2.31. The Morgan fingerprint density at radius 2 is 2.15 bits per heavy atom. The molecule has 1 fully saturated rings. The fourth-order valence-electron chi connectivity index (χ4n) is 2.62. The molecule has 1 saturated carbocycles. The van der Waals surface area contributed by atoms with Gasteiger partial charge in [0.1, 0.15) is 16.4 Å². The Balaban J connectivity index is 1.75. The molecular weight excluding hydrogens is 268 g/mol. The summed E-state index contributed by atoms with van der Waals surface area (Å²) in [5.41, 5.74) is 1.93. The molecule has 1 aliphatic heterocycles. The normalized spacial score (nSPS) is 19.1. The van der Waals surface area contributed by atoms with Crippen molar-refractivity contribution in [3.8, 4) is 17.0 Å². The van der Waals surface area contributed by atoms with Gasteiger partial charge in [-0.15, -0.1) is 11.3 Å². The van der Waals surface area contributed by atoms with Gasteiger partial charge in [-0.05, 0) is 38.8 Å². The van der Waals surface area contributed by atoms with Crippen LogP contribution in [0.15, 0.2) is 24.3 Å². The van der Waals surface area contributed by atoms with E-state index < -0.39 is 0 Å². The van der Waals surface area contributed by atoms with Gasteiger partial charge in [-0.3, -0.25) is 0 Å². The van der Waals surface area contributed by atoms with Crippen LogP contribution in [0.2, 0.25) is 0 Å². The third-order valence-electron chi connectivity index (χ3n) is 3.84. The minimum atomic E-state index is -0.292. The smallest absolute Gasteiger partial charge is 0.140 e. The highest BCUT2D eigenvalue weighted by Gasteiger charge is 2.36. The van der Waals surface area contributed by atoms with Gasteiger partial charge in [-0.25, -0.2) is 4.98 Å². The molecule has 20 heavy (non-hydrogen) atoms. The van der Waals surface area contributed by atoms with Crippen LogP contribution in [0, 0.1) is 0 Å². The predicted molar refractivity (Wildman–Crippen MR) is 81.1 cm³/mol. The number of hydrogen-bond acceptors (Lipinski definition) is 4. The van der Waals surface area contributed by atoms with Crippen molar-refractivity contribution in [3.63, 3.8) is 0 Å². The van der Waals surface area contributed by atoms with E-state index in [1.165, 1.54) is 17.7 Å². The lowest BCUT2D eigenvalue weighted by atomic mass is 9.97. The van der Waals surface area contributed by atoms with Gasteiger partial charge in [-0.2, -0.15) is 0 Å². The first kappa shape index (κ1) is 12.4. The summed E-state index contributed by atoms with van der Waals surface area (Å²) in [6, 6.07) is 8.91. The standard InChI is InChI=1S/C16H18N2OS/c1-16(2)15-14(11-5-3-4-6-12(11)19-16)18-13(20-15)9-17-10-7-8-10/h3-6,10,17H,7-9H2,1-2H3. The van der Waals surface area contributed by atoms with E-state index in [1.807, 2.05) is 18.2 Å². The molecule has 0 bridgehead atoms. The molecule has 1 aromatic carbocycles. The molecule has 104 valence electrons. The first-order chi connectivity index (χ1) is 9.63. The molecular formula is C16H18N2OS. The van der Waals surface area contributed by atoms with Crippen LogP contribution in [-0.2, 0) is 12.1 Å². The summed E-state index contributed by atoms with van der Waals surface area (Å²) in [6.45, 7) is 5.12. The molecule has 1 aromatic heterocycles. The Labute approximate surface area is 123 Å². The van der Waals surface area contributed by atoms with E-state index in [4.69, 9.17) is 9.72 Å². The van der Waals surface area contributed by atoms with Crippen LogP contribution >= 0.6 is 11.3 Å². The second kappa shape index (κ2) is 4.30. The van der Waals surface area contributed by atoms with E-state index in [2.05, 4.69) is 25.2 Å². The Hall–Kier alpha value is -1.39. The van der Waals surface area contributed by atoms with Crippen molar-refractivity contribution in [2.24, 2.45) is 0 Å².